The molecule has 1 unspecified atom stereocenters. The molecule has 0 fully saturated rings. The highest BCUT2D eigenvalue weighted by atomic mass is 16.5. The number of carbonyl (C=O) groups excluding carboxylic acids is 1. The van der Waals surface area contributed by atoms with E-state index in [1.54, 1.807) is 11.6 Å². The lowest BCUT2D eigenvalue weighted by Crippen LogP contribution is -2.30. The van der Waals surface area contributed by atoms with E-state index in [2.05, 4.69) is 15.4 Å². The number of benzene rings is 2. The number of carbonyl (C=O) groups is 1. The van der Waals surface area contributed by atoms with Crippen molar-refractivity contribution >= 4 is 17.6 Å². The van der Waals surface area contributed by atoms with E-state index in [4.69, 9.17) is 9.47 Å². The summed E-state index contributed by atoms with van der Waals surface area (Å²) >= 11 is 0. The number of fused-ring (bicyclic) bond motifs is 1. The summed E-state index contributed by atoms with van der Waals surface area (Å²) in [5.41, 5.74) is 2.92. The Labute approximate surface area is 169 Å². The van der Waals surface area contributed by atoms with E-state index in [-0.39, 0.29) is 12.6 Å². The van der Waals surface area contributed by atoms with Crippen LogP contribution in [0, 0.1) is 0 Å². The van der Waals surface area contributed by atoms with Crippen molar-refractivity contribution in [3.05, 3.63) is 77.6 Å². The number of nitrogens with one attached hydrogen (secondary N) is 1. The molecule has 3 aromatic rings. The first-order valence-electron chi connectivity index (χ1n) is 9.59. The predicted octanol–water partition coefficient (Wildman–Crippen LogP) is 3.67. The Hall–Kier alpha value is -3.61. The van der Waals surface area contributed by atoms with Gasteiger partial charge in [-0.15, -0.1) is 0 Å². The molecule has 1 aliphatic rings. The molecule has 7 heteroatoms. The fourth-order valence-corrected chi connectivity index (χ4v) is 3.44. The maximum absolute atomic E-state index is 13.1. The number of aromatic nitrogens is 3. The third-order valence-electron chi connectivity index (χ3n) is 4.66. The smallest absolute Gasteiger partial charge is 0.338 e. The van der Waals surface area contributed by atoms with E-state index < -0.39 is 6.04 Å². The second-order valence-corrected chi connectivity index (χ2v) is 6.43. The van der Waals surface area contributed by atoms with Gasteiger partial charge in [0.15, 0.2) is 0 Å². The quantitative estimate of drug-likeness (QED) is 0.647. The highest BCUT2D eigenvalue weighted by Crippen LogP contribution is 2.39. The third kappa shape index (κ3) is 3.59. The fraction of sp³-hybridized carbons (Fsp3) is 0.227. The van der Waals surface area contributed by atoms with Crippen LogP contribution in [0.25, 0.3) is 5.70 Å². The monoisotopic (exact) mass is 390 g/mol. The molecule has 7 nitrogen and oxygen atoms in total. The standard InChI is InChI=1S/C22H22N4O3/c1-3-28-17-12-10-16(11-13-17)20-18(21(27)29-4-2)19(15-8-6-5-7-9-15)25-22-23-14-24-26(20)22/h5-14,20H,3-4H2,1-2H3,(H,23,24,25). The highest BCUT2D eigenvalue weighted by molar-refractivity contribution is 6.02. The Bertz CT molecular complexity index is 1030. The molecule has 4 rings (SSSR count). The van der Waals surface area contributed by atoms with Crippen molar-refractivity contribution in [2.24, 2.45) is 0 Å². The lowest BCUT2D eigenvalue weighted by molar-refractivity contribution is -0.138. The Morgan fingerprint density at radius 3 is 2.52 bits per heavy atom. The zero-order valence-corrected chi connectivity index (χ0v) is 16.3. The third-order valence-corrected chi connectivity index (χ3v) is 4.66. The first-order chi connectivity index (χ1) is 14.2. The zero-order chi connectivity index (χ0) is 20.2. The van der Waals surface area contributed by atoms with Crippen LogP contribution in [-0.4, -0.2) is 33.9 Å². The molecule has 2 heterocycles. The minimum atomic E-state index is -0.473. The number of anilines is 1. The van der Waals surface area contributed by atoms with Gasteiger partial charge in [-0.3, -0.25) is 0 Å². The summed E-state index contributed by atoms with van der Waals surface area (Å²) < 4.78 is 12.7. The SMILES string of the molecule is CCOC(=O)C1=C(c2ccccc2)Nc2ncnn2C1c1ccc(OCC)cc1. The molecule has 1 N–H and O–H groups in total. The van der Waals surface area contributed by atoms with E-state index in [9.17, 15) is 4.79 Å². The molecule has 1 aromatic heterocycles. The molecule has 0 saturated heterocycles. The second kappa shape index (κ2) is 8.18. The van der Waals surface area contributed by atoms with Crippen LogP contribution in [0.3, 0.4) is 0 Å². The van der Waals surface area contributed by atoms with Gasteiger partial charge in [-0.2, -0.15) is 10.1 Å². The van der Waals surface area contributed by atoms with Crippen molar-refractivity contribution < 1.29 is 14.3 Å². The summed E-state index contributed by atoms with van der Waals surface area (Å²) in [7, 11) is 0. The van der Waals surface area contributed by atoms with Crippen molar-refractivity contribution in [1.82, 2.24) is 14.8 Å². The Kier molecular flexibility index (Phi) is 5.29. The molecule has 2 aromatic carbocycles. The molecule has 0 aliphatic carbocycles. The zero-order valence-electron chi connectivity index (χ0n) is 16.3. The van der Waals surface area contributed by atoms with Crippen LogP contribution >= 0.6 is 0 Å². The summed E-state index contributed by atoms with van der Waals surface area (Å²) in [4.78, 5) is 17.4. The minimum absolute atomic E-state index is 0.282. The number of hydrogen-bond donors (Lipinski definition) is 1. The fourth-order valence-electron chi connectivity index (χ4n) is 3.44. The van der Waals surface area contributed by atoms with E-state index in [1.807, 2.05) is 61.5 Å². The summed E-state index contributed by atoms with van der Waals surface area (Å²) in [6.45, 7) is 4.61. The normalized spacial score (nSPS) is 15.4. The van der Waals surface area contributed by atoms with E-state index in [1.165, 1.54) is 6.33 Å². The number of ether oxygens (including phenoxy) is 2. The van der Waals surface area contributed by atoms with Gasteiger partial charge in [0.2, 0.25) is 5.95 Å². The highest BCUT2D eigenvalue weighted by Gasteiger charge is 2.36. The van der Waals surface area contributed by atoms with Gasteiger partial charge in [-0.25, -0.2) is 9.48 Å². The molecule has 0 saturated carbocycles. The molecular formula is C22H22N4O3. The topological polar surface area (TPSA) is 78.3 Å². The molecule has 148 valence electrons. The summed E-state index contributed by atoms with van der Waals surface area (Å²) in [5, 5.41) is 7.62. The van der Waals surface area contributed by atoms with Gasteiger partial charge in [0.05, 0.1) is 24.5 Å². The van der Waals surface area contributed by atoms with Crippen LogP contribution < -0.4 is 10.1 Å². The average molecular weight is 390 g/mol. The number of nitrogens with zero attached hydrogens (tertiary/aromatic N) is 3. The van der Waals surface area contributed by atoms with Crippen molar-refractivity contribution in [1.29, 1.82) is 0 Å². The Morgan fingerprint density at radius 2 is 1.83 bits per heavy atom. The van der Waals surface area contributed by atoms with Crippen LogP contribution in [0.1, 0.15) is 31.0 Å². The van der Waals surface area contributed by atoms with Crippen LogP contribution in [0.4, 0.5) is 5.95 Å². The van der Waals surface area contributed by atoms with E-state index >= 15 is 0 Å². The van der Waals surface area contributed by atoms with Gasteiger partial charge >= 0.3 is 5.97 Å². The molecule has 1 atom stereocenters. The maximum atomic E-state index is 13.1. The largest absolute Gasteiger partial charge is 0.494 e. The lowest BCUT2D eigenvalue weighted by atomic mass is 9.93. The number of esters is 1. The molecule has 29 heavy (non-hydrogen) atoms. The molecule has 1 aliphatic heterocycles. The van der Waals surface area contributed by atoms with Crippen LogP contribution in [0.5, 0.6) is 5.75 Å². The van der Waals surface area contributed by atoms with Crippen LogP contribution in [0.15, 0.2) is 66.5 Å². The first-order valence-corrected chi connectivity index (χ1v) is 9.59. The van der Waals surface area contributed by atoms with Gasteiger partial charge in [0.1, 0.15) is 18.1 Å². The van der Waals surface area contributed by atoms with Crippen molar-refractivity contribution in [2.45, 2.75) is 19.9 Å². The molecule has 0 radical (unpaired) electrons. The summed E-state index contributed by atoms with van der Waals surface area (Å²) in [6.07, 6.45) is 1.47. The minimum Gasteiger partial charge on any atom is -0.494 e. The number of hydrogen-bond acceptors (Lipinski definition) is 6. The molecule has 0 amide bonds. The lowest BCUT2D eigenvalue weighted by Gasteiger charge is -2.29. The maximum Gasteiger partial charge on any atom is 0.338 e. The second-order valence-electron chi connectivity index (χ2n) is 6.43. The van der Waals surface area contributed by atoms with E-state index in [0.29, 0.717) is 23.8 Å². The summed E-state index contributed by atoms with van der Waals surface area (Å²) in [5.74, 6) is 0.948. The number of rotatable bonds is 6. The van der Waals surface area contributed by atoms with Crippen LogP contribution in [-0.2, 0) is 9.53 Å². The van der Waals surface area contributed by atoms with Crippen molar-refractivity contribution in [2.75, 3.05) is 18.5 Å². The Morgan fingerprint density at radius 1 is 1.07 bits per heavy atom. The molecule has 0 bridgehead atoms. The van der Waals surface area contributed by atoms with E-state index in [0.717, 1.165) is 16.9 Å². The van der Waals surface area contributed by atoms with Crippen molar-refractivity contribution in [3.63, 3.8) is 0 Å². The molecule has 0 spiro atoms. The Balaban J connectivity index is 1.89. The predicted molar refractivity (Wildman–Crippen MR) is 109 cm³/mol. The van der Waals surface area contributed by atoms with Gasteiger partial charge in [-0.1, -0.05) is 42.5 Å². The van der Waals surface area contributed by atoms with Gasteiger partial charge in [0, 0.05) is 0 Å². The van der Waals surface area contributed by atoms with Gasteiger partial charge < -0.3 is 14.8 Å². The molecular weight excluding hydrogens is 368 g/mol. The summed E-state index contributed by atoms with van der Waals surface area (Å²) in [6, 6.07) is 16.9. The first kappa shape index (κ1) is 18.7. The van der Waals surface area contributed by atoms with Gasteiger partial charge in [-0.05, 0) is 37.1 Å². The van der Waals surface area contributed by atoms with Crippen LogP contribution in [0.2, 0.25) is 0 Å². The van der Waals surface area contributed by atoms with Gasteiger partial charge in [0.25, 0.3) is 0 Å². The van der Waals surface area contributed by atoms with Crippen molar-refractivity contribution in [3.8, 4) is 5.75 Å². The average Bonchev–Trinajstić information content (AvgIpc) is 3.22.